The molecule has 2 aromatic rings. The molecule has 1 amide bonds. The first kappa shape index (κ1) is 23.4. The Morgan fingerprint density at radius 1 is 1.07 bits per heavy atom. The predicted octanol–water partition coefficient (Wildman–Crippen LogP) is 3.35. The van der Waals surface area contributed by atoms with E-state index in [0.29, 0.717) is 6.54 Å². The highest BCUT2D eigenvalue weighted by Crippen LogP contribution is 2.17. The van der Waals surface area contributed by atoms with Crippen molar-refractivity contribution in [3.8, 4) is 0 Å². The van der Waals surface area contributed by atoms with Crippen LogP contribution >= 0.6 is 24.8 Å². The van der Waals surface area contributed by atoms with Crippen LogP contribution in [0.4, 0.5) is 0 Å². The molecule has 4 nitrogen and oxygen atoms in total. The van der Waals surface area contributed by atoms with Crippen molar-refractivity contribution in [2.24, 2.45) is 5.73 Å². The topological polar surface area (TPSA) is 58.4 Å². The zero-order chi connectivity index (χ0) is 17.5. The minimum absolute atomic E-state index is 0. The van der Waals surface area contributed by atoms with Gasteiger partial charge in [0, 0.05) is 25.7 Å². The number of piperidine rings is 1. The van der Waals surface area contributed by atoms with E-state index in [2.05, 4.69) is 34.5 Å². The standard InChI is InChI=1S/C21H27N3O.2ClH/c22-14-20(18-10-5-2-6-11-18)21(25)23-19-12-7-13-24(16-19)15-17-8-3-1-4-9-17;;/h1-6,8-11,19-20H,7,12-16,22H2,(H,23,25);2*1H. The van der Waals surface area contributed by atoms with Gasteiger partial charge in [-0.25, -0.2) is 0 Å². The van der Waals surface area contributed by atoms with Gasteiger partial charge < -0.3 is 11.1 Å². The van der Waals surface area contributed by atoms with E-state index in [9.17, 15) is 4.79 Å². The highest BCUT2D eigenvalue weighted by Gasteiger charge is 2.25. The zero-order valence-electron chi connectivity index (χ0n) is 15.4. The second-order valence-corrected chi connectivity index (χ2v) is 6.77. The first-order valence-corrected chi connectivity index (χ1v) is 9.08. The van der Waals surface area contributed by atoms with Gasteiger partial charge in [-0.3, -0.25) is 9.69 Å². The van der Waals surface area contributed by atoms with E-state index in [0.717, 1.165) is 38.0 Å². The summed E-state index contributed by atoms with van der Waals surface area (Å²) in [6.45, 7) is 3.25. The maximum atomic E-state index is 12.7. The minimum atomic E-state index is -0.273. The molecule has 3 rings (SSSR count). The number of nitrogens with one attached hydrogen (secondary N) is 1. The predicted molar refractivity (Wildman–Crippen MR) is 116 cm³/mol. The highest BCUT2D eigenvalue weighted by molar-refractivity contribution is 5.85. The Morgan fingerprint density at radius 3 is 2.33 bits per heavy atom. The van der Waals surface area contributed by atoms with Crippen LogP contribution in [0, 0.1) is 0 Å². The lowest BCUT2D eigenvalue weighted by atomic mass is 9.97. The number of benzene rings is 2. The summed E-state index contributed by atoms with van der Waals surface area (Å²) >= 11 is 0. The Bertz CT molecular complexity index is 670. The zero-order valence-corrected chi connectivity index (χ0v) is 17.1. The summed E-state index contributed by atoms with van der Waals surface area (Å²) in [4.78, 5) is 15.1. The number of amides is 1. The molecule has 1 aliphatic heterocycles. The van der Waals surface area contributed by atoms with Crippen LogP contribution in [0.15, 0.2) is 60.7 Å². The van der Waals surface area contributed by atoms with Gasteiger partial charge in [0.15, 0.2) is 0 Å². The van der Waals surface area contributed by atoms with Gasteiger partial charge in [0.05, 0.1) is 5.92 Å². The van der Waals surface area contributed by atoms with Crippen molar-refractivity contribution in [1.82, 2.24) is 10.2 Å². The van der Waals surface area contributed by atoms with Gasteiger partial charge in [-0.15, -0.1) is 24.8 Å². The van der Waals surface area contributed by atoms with E-state index in [1.165, 1.54) is 5.56 Å². The molecule has 1 aliphatic rings. The minimum Gasteiger partial charge on any atom is -0.352 e. The van der Waals surface area contributed by atoms with E-state index >= 15 is 0 Å². The van der Waals surface area contributed by atoms with Crippen LogP contribution in [0.3, 0.4) is 0 Å². The molecule has 1 saturated heterocycles. The lowest BCUT2D eigenvalue weighted by Gasteiger charge is -2.34. The summed E-state index contributed by atoms with van der Waals surface area (Å²) < 4.78 is 0. The van der Waals surface area contributed by atoms with Crippen molar-refractivity contribution in [1.29, 1.82) is 0 Å². The van der Waals surface area contributed by atoms with Crippen molar-refractivity contribution < 1.29 is 4.79 Å². The van der Waals surface area contributed by atoms with Crippen LogP contribution in [-0.4, -0.2) is 36.5 Å². The summed E-state index contributed by atoms with van der Waals surface area (Å²) in [7, 11) is 0. The first-order chi connectivity index (χ1) is 12.3. The fourth-order valence-electron chi connectivity index (χ4n) is 3.54. The average molecular weight is 410 g/mol. The van der Waals surface area contributed by atoms with E-state index in [1.54, 1.807) is 0 Å². The van der Waals surface area contributed by atoms with Gasteiger partial charge in [0.1, 0.15) is 0 Å². The smallest absolute Gasteiger partial charge is 0.229 e. The van der Waals surface area contributed by atoms with E-state index < -0.39 is 0 Å². The maximum absolute atomic E-state index is 12.7. The van der Waals surface area contributed by atoms with Crippen LogP contribution in [0.2, 0.25) is 0 Å². The molecule has 148 valence electrons. The van der Waals surface area contributed by atoms with Gasteiger partial charge in [0.2, 0.25) is 5.91 Å². The lowest BCUT2D eigenvalue weighted by molar-refractivity contribution is -0.123. The van der Waals surface area contributed by atoms with Crippen LogP contribution < -0.4 is 11.1 Å². The second-order valence-electron chi connectivity index (χ2n) is 6.77. The third-order valence-corrected chi connectivity index (χ3v) is 4.86. The number of carbonyl (C=O) groups is 1. The highest BCUT2D eigenvalue weighted by atomic mass is 35.5. The molecule has 3 N–H and O–H groups in total. The Balaban J connectivity index is 0.00000182. The largest absolute Gasteiger partial charge is 0.352 e. The molecule has 27 heavy (non-hydrogen) atoms. The van der Waals surface area contributed by atoms with Crippen molar-refractivity contribution in [2.45, 2.75) is 31.3 Å². The molecule has 2 atom stereocenters. The Kier molecular flexibility index (Phi) is 10.4. The number of carbonyl (C=O) groups excluding carboxylic acids is 1. The van der Waals surface area contributed by atoms with Crippen LogP contribution in [0.25, 0.3) is 0 Å². The maximum Gasteiger partial charge on any atom is 0.229 e. The molecular formula is C21H29Cl2N3O. The van der Waals surface area contributed by atoms with Gasteiger partial charge in [-0.05, 0) is 30.5 Å². The molecule has 2 unspecified atom stereocenters. The summed E-state index contributed by atoms with van der Waals surface area (Å²) in [6.07, 6.45) is 2.14. The number of halogens is 2. The number of hydrogen-bond donors (Lipinski definition) is 2. The van der Waals surface area contributed by atoms with E-state index in [1.807, 2.05) is 36.4 Å². The van der Waals surface area contributed by atoms with Gasteiger partial charge in [-0.2, -0.15) is 0 Å². The molecule has 0 saturated carbocycles. The Hall–Kier alpha value is -1.59. The Morgan fingerprint density at radius 2 is 1.70 bits per heavy atom. The molecule has 1 fully saturated rings. The summed E-state index contributed by atoms with van der Waals surface area (Å²) in [5, 5.41) is 3.22. The molecule has 0 bridgehead atoms. The van der Waals surface area contributed by atoms with Gasteiger partial charge in [0.25, 0.3) is 0 Å². The fourth-order valence-corrected chi connectivity index (χ4v) is 3.54. The molecule has 0 aliphatic carbocycles. The first-order valence-electron chi connectivity index (χ1n) is 9.08. The molecule has 0 spiro atoms. The molecule has 1 heterocycles. The van der Waals surface area contributed by atoms with Gasteiger partial charge >= 0.3 is 0 Å². The molecule has 0 aromatic heterocycles. The van der Waals surface area contributed by atoms with E-state index in [4.69, 9.17) is 5.73 Å². The summed E-state index contributed by atoms with van der Waals surface area (Å²) in [5.41, 5.74) is 8.17. The van der Waals surface area contributed by atoms with Crippen molar-refractivity contribution in [3.63, 3.8) is 0 Å². The number of nitrogens with two attached hydrogens (primary N) is 1. The van der Waals surface area contributed by atoms with Crippen molar-refractivity contribution >= 4 is 30.7 Å². The average Bonchev–Trinajstić information content (AvgIpc) is 2.64. The van der Waals surface area contributed by atoms with Gasteiger partial charge in [-0.1, -0.05) is 60.7 Å². The number of nitrogens with zero attached hydrogens (tertiary/aromatic N) is 1. The number of likely N-dealkylation sites (tertiary alicyclic amines) is 1. The SMILES string of the molecule is Cl.Cl.NCC(C(=O)NC1CCCN(Cc2ccccc2)C1)c1ccccc1. The molecular weight excluding hydrogens is 381 g/mol. The quantitative estimate of drug-likeness (QED) is 0.768. The number of rotatable bonds is 6. The lowest BCUT2D eigenvalue weighted by Crippen LogP contribution is -2.49. The summed E-state index contributed by atoms with van der Waals surface area (Å²) in [6, 6.07) is 20.5. The number of hydrogen-bond acceptors (Lipinski definition) is 3. The van der Waals surface area contributed by atoms with Crippen molar-refractivity contribution in [2.75, 3.05) is 19.6 Å². The third-order valence-electron chi connectivity index (χ3n) is 4.86. The van der Waals surface area contributed by atoms with Crippen LogP contribution in [0.1, 0.15) is 29.9 Å². The molecule has 6 heteroatoms. The normalized spacial score (nSPS) is 17.9. The van der Waals surface area contributed by atoms with E-state index in [-0.39, 0.29) is 42.7 Å². The van der Waals surface area contributed by atoms with Crippen molar-refractivity contribution in [3.05, 3.63) is 71.8 Å². The second kappa shape index (κ2) is 12.0. The summed E-state index contributed by atoms with van der Waals surface area (Å²) in [5.74, 6) is -0.231. The fraction of sp³-hybridized carbons (Fsp3) is 0.381. The molecule has 2 aromatic carbocycles. The van der Waals surface area contributed by atoms with Crippen LogP contribution in [-0.2, 0) is 11.3 Å². The monoisotopic (exact) mass is 409 g/mol. The molecule has 0 radical (unpaired) electrons. The Labute approximate surface area is 174 Å². The third kappa shape index (κ3) is 6.82. The van der Waals surface area contributed by atoms with Crippen LogP contribution in [0.5, 0.6) is 0 Å².